The number of alkyl halides is 1. The van der Waals surface area contributed by atoms with Crippen molar-refractivity contribution in [1.29, 1.82) is 0 Å². The predicted molar refractivity (Wildman–Crippen MR) is 256 cm³/mol. The highest BCUT2D eigenvalue weighted by Crippen LogP contribution is 2.72. The minimum atomic E-state index is -1.70. The first-order valence-electron chi connectivity index (χ1n) is 24.3. The lowest BCUT2D eigenvalue weighted by atomic mass is 9.45. The molecule has 0 radical (unpaired) electrons. The number of carbonyl (C=O) groups is 10. The van der Waals surface area contributed by atoms with Crippen molar-refractivity contribution in [3.8, 4) is 0 Å². The van der Waals surface area contributed by atoms with Crippen LogP contribution in [0.25, 0.3) is 0 Å². The van der Waals surface area contributed by atoms with E-state index in [9.17, 15) is 53.1 Å². The molecule has 0 bridgehead atoms. The minimum absolute atomic E-state index is 0.00550. The molecule has 3 fully saturated rings. The molecule has 6 rings (SSSR count). The number of allylic oxidation sites excluding steroid dienone is 4. The second-order valence-corrected chi connectivity index (χ2v) is 20.2. The summed E-state index contributed by atoms with van der Waals surface area (Å²) in [6.45, 7) is 5.07. The number of fused-ring (bicyclic) bond motifs is 5. The summed E-state index contributed by atoms with van der Waals surface area (Å²) in [5, 5.41) is 24.5. The number of rotatable bonds is 23. The summed E-state index contributed by atoms with van der Waals surface area (Å²) >= 11 is 7.61. The molecule has 1 aliphatic heterocycles. The van der Waals surface area contributed by atoms with Gasteiger partial charge in [0, 0.05) is 54.7 Å². The third-order valence-electron chi connectivity index (χ3n) is 15.2. The molecule has 384 valence electrons. The van der Waals surface area contributed by atoms with Crippen LogP contribution in [0, 0.1) is 28.6 Å². The molecule has 71 heavy (non-hydrogen) atoms. The lowest BCUT2D eigenvalue weighted by Gasteiger charge is -2.64. The van der Waals surface area contributed by atoms with E-state index in [0.717, 1.165) is 10.5 Å². The Morgan fingerprint density at radius 2 is 1.51 bits per heavy atom. The lowest BCUT2D eigenvalue weighted by Crippen LogP contribution is -2.69. The van der Waals surface area contributed by atoms with Gasteiger partial charge in [0.1, 0.15) is 19.4 Å². The van der Waals surface area contributed by atoms with Crippen LogP contribution in [0.4, 0.5) is 0 Å². The van der Waals surface area contributed by atoms with Crippen molar-refractivity contribution in [3.63, 3.8) is 0 Å². The highest BCUT2D eigenvalue weighted by Gasteiger charge is 2.76. The largest absolute Gasteiger partial charge is 0.450 e. The second-order valence-electron chi connectivity index (χ2n) is 19.5. The molecule has 1 heterocycles. The molecule has 3 saturated carbocycles. The van der Waals surface area contributed by atoms with E-state index in [-0.39, 0.29) is 61.7 Å². The van der Waals surface area contributed by atoms with E-state index < -0.39 is 114 Å². The van der Waals surface area contributed by atoms with Crippen LogP contribution in [0.15, 0.2) is 66.3 Å². The number of ether oxygens (including phenoxy) is 2. The van der Waals surface area contributed by atoms with Gasteiger partial charge in [-0.3, -0.25) is 52.8 Å². The van der Waals surface area contributed by atoms with Crippen molar-refractivity contribution in [2.75, 3.05) is 39.5 Å². The Kier molecular flexibility index (Phi) is 17.6. The maximum Gasteiger partial charge on any atom is 0.306 e. The summed E-state index contributed by atoms with van der Waals surface area (Å²) in [7, 11) is 0. The van der Waals surface area contributed by atoms with Gasteiger partial charge in [-0.05, 0) is 68.1 Å². The van der Waals surface area contributed by atoms with Gasteiger partial charge in [-0.25, -0.2) is 0 Å². The zero-order valence-corrected chi connectivity index (χ0v) is 41.4. The number of esters is 1. The smallest absolute Gasteiger partial charge is 0.306 e. The molecule has 4 aliphatic carbocycles. The Bertz CT molecular complexity index is 2360. The van der Waals surface area contributed by atoms with E-state index in [1.54, 1.807) is 49.4 Å². The van der Waals surface area contributed by atoms with Crippen molar-refractivity contribution in [3.05, 3.63) is 71.8 Å². The Labute approximate surface area is 417 Å². The number of imide groups is 1. The number of halogens is 1. The maximum atomic E-state index is 14.5. The van der Waals surface area contributed by atoms with Crippen LogP contribution in [-0.4, -0.2) is 131 Å². The third kappa shape index (κ3) is 11.5. The minimum Gasteiger partial charge on any atom is -0.450 e. The number of amides is 7. The molecule has 0 aromatic heterocycles. The summed E-state index contributed by atoms with van der Waals surface area (Å²) < 4.78 is 11.9. The summed E-state index contributed by atoms with van der Waals surface area (Å²) in [4.78, 5) is 127. The van der Waals surface area contributed by atoms with Crippen molar-refractivity contribution >= 4 is 70.5 Å². The number of ketones is 2. The predicted octanol–water partition coefficient (Wildman–Crippen LogP) is 1.79. The SMILES string of the molecule is CCC(=O)O[C@]1(C(=O)COCNC(=O)CNC(=O)[C@H](Cc2ccccc2)NC(=O)CNC(=O)CNC(=O)CCCCCN2C(=O)C=CC2=O)[C@@H](C)C[C@H]2[C@@H]3CCC4=CC(=O)C=C[C@]4(C)[C@@]3(Cl)[C@@H](O)C[C@@]21C. The molecule has 7 amide bonds. The molecular weight excluding hydrogens is 940 g/mol. The average Bonchev–Trinajstić information content (AvgIpc) is 3.77. The molecular formula is C51H65ClN6O13. The lowest BCUT2D eigenvalue weighted by molar-refractivity contribution is -0.203. The number of Topliss-reactive ketones (excluding diaryl/α,β-unsaturated/α-hetero) is 1. The fourth-order valence-corrected chi connectivity index (χ4v) is 12.1. The topological polar surface area (TPSA) is 273 Å². The van der Waals surface area contributed by atoms with E-state index >= 15 is 0 Å². The number of unbranched alkanes of at least 4 members (excludes halogenated alkanes) is 2. The molecule has 19 nitrogen and oxygen atoms in total. The van der Waals surface area contributed by atoms with Gasteiger partial charge in [0.15, 0.2) is 11.4 Å². The maximum absolute atomic E-state index is 14.5. The fourth-order valence-electron chi connectivity index (χ4n) is 11.6. The van der Waals surface area contributed by atoms with E-state index in [0.29, 0.717) is 44.1 Å². The van der Waals surface area contributed by atoms with Gasteiger partial charge in [-0.2, -0.15) is 0 Å². The zero-order chi connectivity index (χ0) is 51.7. The van der Waals surface area contributed by atoms with Crippen LogP contribution in [0.5, 0.6) is 0 Å². The molecule has 5 aliphatic rings. The first-order chi connectivity index (χ1) is 33.7. The quantitative estimate of drug-likeness (QED) is 0.0301. The Morgan fingerprint density at radius 3 is 2.21 bits per heavy atom. The molecule has 0 spiro atoms. The van der Waals surface area contributed by atoms with Gasteiger partial charge in [-0.15, -0.1) is 11.6 Å². The van der Waals surface area contributed by atoms with Crippen LogP contribution in [0.1, 0.15) is 91.0 Å². The fraction of sp³-hybridized carbons (Fsp3) is 0.569. The van der Waals surface area contributed by atoms with Gasteiger partial charge in [0.2, 0.25) is 35.3 Å². The highest BCUT2D eigenvalue weighted by molar-refractivity contribution is 6.26. The van der Waals surface area contributed by atoms with Crippen molar-refractivity contribution in [2.45, 2.75) is 115 Å². The number of aliphatic hydroxyl groups is 1. The molecule has 6 N–H and O–H groups in total. The Morgan fingerprint density at radius 1 is 0.845 bits per heavy atom. The molecule has 0 unspecified atom stereocenters. The summed E-state index contributed by atoms with van der Waals surface area (Å²) in [5.74, 6) is -6.20. The monoisotopic (exact) mass is 1000 g/mol. The van der Waals surface area contributed by atoms with Crippen molar-refractivity contribution < 1.29 is 62.5 Å². The summed E-state index contributed by atoms with van der Waals surface area (Å²) in [6, 6.07) is 7.62. The Hall–Kier alpha value is -6.05. The summed E-state index contributed by atoms with van der Waals surface area (Å²) in [5.41, 5.74) is -2.03. The number of benzene rings is 1. The summed E-state index contributed by atoms with van der Waals surface area (Å²) in [6.07, 6.45) is 9.48. The molecule has 1 aromatic rings. The van der Waals surface area contributed by atoms with Crippen LogP contribution >= 0.6 is 11.6 Å². The van der Waals surface area contributed by atoms with Crippen LogP contribution in [0.2, 0.25) is 0 Å². The van der Waals surface area contributed by atoms with Crippen LogP contribution in [-0.2, 0) is 63.8 Å². The van der Waals surface area contributed by atoms with E-state index in [1.807, 2.05) is 20.8 Å². The van der Waals surface area contributed by atoms with Gasteiger partial charge in [-0.1, -0.05) is 76.1 Å². The van der Waals surface area contributed by atoms with Crippen LogP contribution < -0.4 is 26.6 Å². The number of hydrogen-bond donors (Lipinski definition) is 6. The number of carbonyl (C=O) groups excluding carboxylic acids is 10. The first-order valence-corrected chi connectivity index (χ1v) is 24.7. The number of hydrogen-bond acceptors (Lipinski definition) is 13. The van der Waals surface area contributed by atoms with Crippen LogP contribution in [0.3, 0.4) is 0 Å². The first kappa shape index (κ1) is 54.3. The van der Waals surface area contributed by atoms with E-state index in [2.05, 4.69) is 26.6 Å². The normalized spacial score (nSPS) is 28.7. The zero-order valence-electron chi connectivity index (χ0n) is 40.6. The third-order valence-corrected chi connectivity index (χ3v) is 16.1. The van der Waals surface area contributed by atoms with Gasteiger partial charge in [0.25, 0.3) is 11.8 Å². The Balaban J connectivity index is 0.969. The average molecular weight is 1010 g/mol. The van der Waals surface area contributed by atoms with Crippen molar-refractivity contribution in [1.82, 2.24) is 31.5 Å². The molecule has 1 aromatic carbocycles. The molecule has 0 saturated heterocycles. The number of nitrogens with one attached hydrogen (secondary N) is 5. The van der Waals surface area contributed by atoms with Gasteiger partial charge in [0.05, 0.1) is 30.6 Å². The highest BCUT2D eigenvalue weighted by atomic mass is 35.5. The molecule has 20 heteroatoms. The second kappa shape index (κ2) is 23.0. The van der Waals surface area contributed by atoms with Gasteiger partial charge >= 0.3 is 5.97 Å². The standard InChI is InChI=1S/C51H65ClN6O13/c1-5-46(68)71-51(31(2)22-36-35-16-15-33-24-34(59)19-20-48(33,3)50(35,52)38(60)25-49(36,51)4)39(61)29-70-30-56-42(64)27-55-47(69)37(23-32-12-8-6-9-13-32)57-43(65)28-54-41(63)26-53-40(62)14-10-7-11-21-58-44(66)17-18-45(58)67/h6,8-9,12-13,17-20,24,31,35-38,60H,5,7,10-11,14-16,21-23,25-30H2,1-4H3,(H,53,62)(H,54,63)(H,55,69)(H,56,64)(H,57,65)/t31-,35-,36-,37-,38-,48-,49-,50-,51-/m0/s1. The number of aliphatic hydroxyl groups excluding tert-OH is 1. The van der Waals surface area contributed by atoms with E-state index in [1.165, 1.54) is 18.2 Å². The van der Waals surface area contributed by atoms with E-state index in [4.69, 9.17) is 21.1 Å². The van der Waals surface area contributed by atoms with Crippen molar-refractivity contribution in [2.24, 2.45) is 28.6 Å². The number of nitrogens with zero attached hydrogens (tertiary/aromatic N) is 1. The molecule has 9 atom stereocenters. The van der Waals surface area contributed by atoms with Gasteiger partial charge < -0.3 is 41.2 Å².